The zero-order chi connectivity index (χ0) is 38.7. The Kier molecular flexibility index (Phi) is 8.22. The van der Waals surface area contributed by atoms with E-state index in [1.807, 2.05) is 18.3 Å². The molecule has 278 valence electrons. The molecule has 0 N–H and O–H groups in total. The SMILES string of the molecule is Cc1cc(-n2c3cc(Oc4cccc(N5C=CN(c6ccc(C(C)(C)C)cc6)C5)c4)ccc3c3c2c2ccccc2n3-c2ccccc2)ncc1-c1ccccc1. The maximum atomic E-state index is 6.70. The molecule has 9 aromatic rings. The fourth-order valence-corrected chi connectivity index (χ4v) is 8.21. The van der Waals surface area contributed by atoms with Gasteiger partial charge in [0.25, 0.3) is 0 Å². The van der Waals surface area contributed by atoms with E-state index >= 15 is 0 Å². The van der Waals surface area contributed by atoms with Crippen molar-refractivity contribution in [1.82, 2.24) is 14.1 Å². The first-order chi connectivity index (χ1) is 27.8. The Labute approximate surface area is 333 Å². The lowest BCUT2D eigenvalue weighted by molar-refractivity contribution is 0.483. The molecule has 10 rings (SSSR count). The van der Waals surface area contributed by atoms with Gasteiger partial charge in [-0.15, -0.1) is 0 Å². The number of hydrogen-bond donors (Lipinski definition) is 0. The molecule has 1 aliphatic rings. The van der Waals surface area contributed by atoms with E-state index in [1.165, 1.54) is 11.3 Å². The van der Waals surface area contributed by atoms with Crippen molar-refractivity contribution in [3.8, 4) is 34.1 Å². The highest BCUT2D eigenvalue weighted by Crippen LogP contribution is 2.42. The quantitative estimate of drug-likeness (QED) is 0.163. The molecule has 0 spiro atoms. The Morgan fingerprint density at radius 3 is 1.95 bits per heavy atom. The van der Waals surface area contributed by atoms with E-state index in [0.717, 1.165) is 84.9 Å². The fraction of sp³-hybridized carbons (Fsp3) is 0.118. The third-order valence-electron chi connectivity index (χ3n) is 11.1. The summed E-state index contributed by atoms with van der Waals surface area (Å²) in [5, 5.41) is 2.28. The van der Waals surface area contributed by atoms with E-state index in [4.69, 9.17) is 9.72 Å². The molecule has 0 atom stereocenters. The molecule has 1 aliphatic heterocycles. The van der Waals surface area contributed by atoms with Gasteiger partial charge >= 0.3 is 0 Å². The summed E-state index contributed by atoms with van der Waals surface area (Å²) in [5.74, 6) is 2.39. The molecule has 57 heavy (non-hydrogen) atoms. The molecule has 0 aliphatic carbocycles. The van der Waals surface area contributed by atoms with Gasteiger partial charge < -0.3 is 19.1 Å². The van der Waals surface area contributed by atoms with Gasteiger partial charge in [0.05, 0.1) is 28.7 Å². The van der Waals surface area contributed by atoms with Crippen LogP contribution in [0.25, 0.3) is 55.5 Å². The van der Waals surface area contributed by atoms with E-state index in [0.29, 0.717) is 0 Å². The highest BCUT2D eigenvalue weighted by molar-refractivity contribution is 6.20. The van der Waals surface area contributed by atoms with E-state index < -0.39 is 0 Å². The van der Waals surface area contributed by atoms with Gasteiger partial charge in [-0.25, -0.2) is 4.98 Å². The fourth-order valence-electron chi connectivity index (χ4n) is 8.21. The lowest BCUT2D eigenvalue weighted by Gasteiger charge is -2.23. The van der Waals surface area contributed by atoms with Crippen molar-refractivity contribution < 1.29 is 4.74 Å². The topological polar surface area (TPSA) is 38.5 Å². The highest BCUT2D eigenvalue weighted by Gasteiger charge is 2.24. The van der Waals surface area contributed by atoms with Gasteiger partial charge in [0.2, 0.25) is 0 Å². The first-order valence-corrected chi connectivity index (χ1v) is 19.6. The molecule has 0 saturated heterocycles. The zero-order valence-corrected chi connectivity index (χ0v) is 32.6. The first kappa shape index (κ1) is 34.4. The summed E-state index contributed by atoms with van der Waals surface area (Å²) in [6.07, 6.45) is 6.28. The molecule has 0 bridgehead atoms. The van der Waals surface area contributed by atoms with Crippen molar-refractivity contribution in [3.05, 3.63) is 187 Å². The Bertz CT molecular complexity index is 2950. The molecular weight excluding hydrogens is 699 g/mol. The second-order valence-electron chi connectivity index (χ2n) is 15.9. The Morgan fingerprint density at radius 1 is 0.544 bits per heavy atom. The van der Waals surface area contributed by atoms with Crippen LogP contribution in [0.5, 0.6) is 11.5 Å². The van der Waals surface area contributed by atoms with E-state index in [9.17, 15) is 0 Å². The van der Waals surface area contributed by atoms with Gasteiger partial charge in [-0.05, 0) is 89.7 Å². The molecule has 0 amide bonds. The van der Waals surface area contributed by atoms with E-state index in [1.54, 1.807) is 0 Å². The molecule has 0 fully saturated rings. The summed E-state index contributed by atoms with van der Waals surface area (Å²) in [6.45, 7) is 9.63. The lowest BCUT2D eigenvalue weighted by Crippen LogP contribution is -2.24. The Hall–Kier alpha value is -7.05. The summed E-state index contributed by atoms with van der Waals surface area (Å²) < 4.78 is 11.4. The first-order valence-electron chi connectivity index (χ1n) is 19.6. The molecule has 0 saturated carbocycles. The van der Waals surface area contributed by atoms with Crippen LogP contribution in [0.2, 0.25) is 0 Å². The van der Waals surface area contributed by atoms with Gasteiger partial charge in [0.1, 0.15) is 17.3 Å². The average Bonchev–Trinajstić information content (AvgIpc) is 3.94. The monoisotopic (exact) mass is 741 g/mol. The van der Waals surface area contributed by atoms with Crippen LogP contribution in [-0.4, -0.2) is 20.8 Å². The number of rotatable bonds is 7. The summed E-state index contributed by atoms with van der Waals surface area (Å²) in [4.78, 5) is 9.66. The number of aryl methyl sites for hydroxylation is 1. The van der Waals surface area contributed by atoms with E-state index in [-0.39, 0.29) is 5.41 Å². The maximum Gasteiger partial charge on any atom is 0.137 e. The number of para-hydroxylation sites is 2. The lowest BCUT2D eigenvalue weighted by atomic mass is 9.87. The van der Waals surface area contributed by atoms with Crippen LogP contribution in [0.15, 0.2) is 176 Å². The van der Waals surface area contributed by atoms with Gasteiger partial charge in [-0.2, -0.15) is 0 Å². The van der Waals surface area contributed by atoms with Crippen LogP contribution < -0.4 is 14.5 Å². The molecule has 6 nitrogen and oxygen atoms in total. The molecule has 3 aromatic heterocycles. The molecule has 0 unspecified atom stereocenters. The molecular formula is C51H43N5O. The van der Waals surface area contributed by atoms with Crippen LogP contribution >= 0.6 is 0 Å². The van der Waals surface area contributed by atoms with Gasteiger partial charge in [-0.3, -0.25) is 4.57 Å². The third kappa shape index (κ3) is 6.10. The minimum Gasteiger partial charge on any atom is -0.457 e. The summed E-state index contributed by atoms with van der Waals surface area (Å²) in [5.41, 5.74) is 12.7. The van der Waals surface area contributed by atoms with Gasteiger partial charge in [0, 0.05) is 64.1 Å². The minimum atomic E-state index is 0.123. The number of anilines is 2. The molecule has 6 aromatic carbocycles. The van der Waals surface area contributed by atoms with Crippen molar-refractivity contribution in [2.75, 3.05) is 16.5 Å². The second-order valence-corrected chi connectivity index (χ2v) is 15.9. The molecule has 6 heteroatoms. The van der Waals surface area contributed by atoms with Crippen molar-refractivity contribution >= 4 is 44.2 Å². The predicted octanol–water partition coefficient (Wildman–Crippen LogP) is 12.9. The Balaban J connectivity index is 1.05. The van der Waals surface area contributed by atoms with Crippen molar-refractivity contribution in [2.45, 2.75) is 33.1 Å². The van der Waals surface area contributed by atoms with Crippen molar-refractivity contribution in [1.29, 1.82) is 0 Å². The largest absolute Gasteiger partial charge is 0.457 e. The minimum absolute atomic E-state index is 0.123. The number of ether oxygens (including phenoxy) is 1. The number of aromatic nitrogens is 3. The second kappa shape index (κ2) is 13.6. The van der Waals surface area contributed by atoms with Crippen LogP contribution in [0.1, 0.15) is 31.9 Å². The number of benzene rings is 6. The Morgan fingerprint density at radius 2 is 1.19 bits per heavy atom. The number of fused-ring (bicyclic) bond motifs is 5. The number of pyridine rings is 1. The zero-order valence-electron chi connectivity index (χ0n) is 32.6. The summed E-state index contributed by atoms with van der Waals surface area (Å²) in [6, 6.07) is 55.6. The molecule has 0 radical (unpaired) electrons. The van der Waals surface area contributed by atoms with Gasteiger partial charge in [0.15, 0.2) is 0 Å². The van der Waals surface area contributed by atoms with Crippen molar-refractivity contribution in [2.24, 2.45) is 0 Å². The van der Waals surface area contributed by atoms with Crippen LogP contribution in [0.3, 0.4) is 0 Å². The van der Waals surface area contributed by atoms with Crippen molar-refractivity contribution in [3.63, 3.8) is 0 Å². The maximum absolute atomic E-state index is 6.70. The third-order valence-corrected chi connectivity index (χ3v) is 11.1. The average molecular weight is 742 g/mol. The summed E-state index contributed by atoms with van der Waals surface area (Å²) in [7, 11) is 0. The summed E-state index contributed by atoms with van der Waals surface area (Å²) >= 11 is 0. The number of hydrogen-bond acceptors (Lipinski definition) is 4. The molecule has 4 heterocycles. The van der Waals surface area contributed by atoms with E-state index in [2.05, 4.69) is 205 Å². The van der Waals surface area contributed by atoms with Crippen LogP contribution in [-0.2, 0) is 5.41 Å². The van der Waals surface area contributed by atoms with Crippen LogP contribution in [0.4, 0.5) is 11.4 Å². The van der Waals surface area contributed by atoms with Crippen LogP contribution in [0, 0.1) is 6.92 Å². The highest BCUT2D eigenvalue weighted by atomic mass is 16.5. The standard InChI is InChI=1S/C51H43N5O/c1-35-30-48(52-33-45(35)36-14-7-5-8-15-36)56-47-32-42(26-27-44(47)49-50(56)43-20-11-12-21-46(43)55(49)39-16-9-6-10-17-39)57-41-19-13-18-40(31-41)54-29-28-53(34-54)38-24-22-37(23-25-38)51(2,3)4/h5-33H,34H2,1-4H3. The number of nitrogens with zero attached hydrogens (tertiary/aromatic N) is 5. The van der Waals surface area contributed by atoms with Gasteiger partial charge in [-0.1, -0.05) is 106 Å². The normalized spacial score (nSPS) is 13.1. The smallest absolute Gasteiger partial charge is 0.137 e. The predicted molar refractivity (Wildman–Crippen MR) is 236 cm³/mol.